The van der Waals surface area contributed by atoms with Crippen LogP contribution in [0.15, 0.2) is 18.2 Å². The molecule has 2 nitrogen and oxygen atoms in total. The fourth-order valence-electron chi connectivity index (χ4n) is 1.73. The van der Waals surface area contributed by atoms with Crippen LogP contribution in [0.2, 0.25) is 5.02 Å². The van der Waals surface area contributed by atoms with Crippen LogP contribution in [-0.2, 0) is 6.54 Å². The van der Waals surface area contributed by atoms with E-state index in [0.717, 1.165) is 29.4 Å². The number of nitrogen functional groups attached to an aromatic ring is 1. The molecule has 0 aromatic heterocycles. The molecule has 16 heavy (non-hydrogen) atoms. The van der Waals surface area contributed by atoms with Gasteiger partial charge < -0.3 is 10.6 Å². The number of nitrogens with two attached hydrogens (primary N) is 1. The minimum atomic E-state index is 0.713. The zero-order chi connectivity index (χ0) is 12.1. The molecule has 0 spiro atoms. The van der Waals surface area contributed by atoms with E-state index in [1.165, 1.54) is 6.42 Å². The van der Waals surface area contributed by atoms with E-state index in [2.05, 4.69) is 25.8 Å². The van der Waals surface area contributed by atoms with Gasteiger partial charge in [0.15, 0.2) is 0 Å². The molecule has 1 aromatic carbocycles. The lowest BCUT2D eigenvalue weighted by Gasteiger charge is -2.21. The summed E-state index contributed by atoms with van der Waals surface area (Å²) < 4.78 is 0. The zero-order valence-corrected chi connectivity index (χ0v) is 11.1. The highest BCUT2D eigenvalue weighted by atomic mass is 35.5. The van der Waals surface area contributed by atoms with Gasteiger partial charge in [-0.2, -0.15) is 0 Å². The molecular formula is C13H21ClN2. The summed E-state index contributed by atoms with van der Waals surface area (Å²) in [6, 6.07) is 5.65. The first-order valence-corrected chi connectivity index (χ1v) is 6.13. The van der Waals surface area contributed by atoms with Gasteiger partial charge in [0.25, 0.3) is 0 Å². The first-order valence-electron chi connectivity index (χ1n) is 5.75. The van der Waals surface area contributed by atoms with Crippen molar-refractivity contribution < 1.29 is 0 Å². The lowest BCUT2D eigenvalue weighted by atomic mass is 10.1. The topological polar surface area (TPSA) is 29.3 Å². The molecule has 0 amide bonds. The Morgan fingerprint density at radius 2 is 2.12 bits per heavy atom. The number of benzene rings is 1. The lowest BCUT2D eigenvalue weighted by Crippen LogP contribution is -2.23. The van der Waals surface area contributed by atoms with Crippen molar-refractivity contribution in [3.05, 3.63) is 28.8 Å². The molecule has 0 fully saturated rings. The molecule has 0 aliphatic carbocycles. The summed E-state index contributed by atoms with van der Waals surface area (Å²) in [5.41, 5.74) is 7.63. The van der Waals surface area contributed by atoms with Crippen molar-refractivity contribution >= 4 is 17.3 Å². The van der Waals surface area contributed by atoms with Crippen LogP contribution in [0, 0.1) is 5.92 Å². The highest BCUT2D eigenvalue weighted by Crippen LogP contribution is 2.20. The van der Waals surface area contributed by atoms with Crippen LogP contribution in [0.3, 0.4) is 0 Å². The van der Waals surface area contributed by atoms with Gasteiger partial charge in [-0.1, -0.05) is 31.9 Å². The van der Waals surface area contributed by atoms with E-state index in [0.29, 0.717) is 5.92 Å². The molecule has 0 bridgehead atoms. The molecule has 1 atom stereocenters. The van der Waals surface area contributed by atoms with Crippen molar-refractivity contribution in [1.82, 2.24) is 4.90 Å². The van der Waals surface area contributed by atoms with Crippen LogP contribution in [0.4, 0.5) is 5.69 Å². The summed E-state index contributed by atoms with van der Waals surface area (Å²) >= 11 is 6.13. The predicted octanol–water partition coefficient (Wildman–Crippen LogP) is 3.40. The van der Waals surface area contributed by atoms with E-state index in [9.17, 15) is 0 Å². The van der Waals surface area contributed by atoms with Crippen molar-refractivity contribution in [2.45, 2.75) is 26.8 Å². The monoisotopic (exact) mass is 240 g/mol. The van der Waals surface area contributed by atoms with Crippen LogP contribution < -0.4 is 5.73 Å². The Kier molecular flexibility index (Phi) is 5.10. The third-order valence-electron chi connectivity index (χ3n) is 2.83. The second-order valence-corrected chi connectivity index (χ2v) is 4.97. The third kappa shape index (κ3) is 4.03. The van der Waals surface area contributed by atoms with Gasteiger partial charge in [0.05, 0.1) is 0 Å². The molecule has 0 heterocycles. The van der Waals surface area contributed by atoms with Crippen LogP contribution in [0.25, 0.3) is 0 Å². The number of nitrogens with zero attached hydrogens (tertiary/aromatic N) is 1. The summed E-state index contributed by atoms with van der Waals surface area (Å²) in [5.74, 6) is 0.713. The minimum absolute atomic E-state index is 0.713. The maximum atomic E-state index is 6.13. The average molecular weight is 241 g/mol. The van der Waals surface area contributed by atoms with Crippen molar-refractivity contribution in [1.29, 1.82) is 0 Å². The van der Waals surface area contributed by atoms with Crippen molar-refractivity contribution in [2.24, 2.45) is 5.92 Å². The van der Waals surface area contributed by atoms with E-state index >= 15 is 0 Å². The summed E-state index contributed by atoms with van der Waals surface area (Å²) in [4.78, 5) is 2.29. The van der Waals surface area contributed by atoms with Crippen molar-refractivity contribution in [3.8, 4) is 0 Å². The minimum Gasteiger partial charge on any atom is -0.399 e. The predicted molar refractivity (Wildman–Crippen MR) is 71.7 cm³/mol. The Morgan fingerprint density at radius 3 is 2.75 bits per heavy atom. The second kappa shape index (κ2) is 6.12. The van der Waals surface area contributed by atoms with E-state index in [-0.39, 0.29) is 0 Å². The average Bonchev–Trinajstić information content (AvgIpc) is 2.23. The number of hydrogen-bond donors (Lipinski definition) is 1. The number of hydrogen-bond acceptors (Lipinski definition) is 2. The summed E-state index contributed by atoms with van der Waals surface area (Å²) in [5, 5.41) is 0.796. The highest BCUT2D eigenvalue weighted by molar-refractivity contribution is 6.31. The molecule has 1 rings (SSSR count). The Bertz CT molecular complexity index is 339. The first kappa shape index (κ1) is 13.3. The van der Waals surface area contributed by atoms with Crippen LogP contribution in [0.5, 0.6) is 0 Å². The molecule has 0 aliphatic heterocycles. The number of halogens is 1. The first-order chi connectivity index (χ1) is 7.52. The van der Waals surface area contributed by atoms with Gasteiger partial charge in [-0.15, -0.1) is 0 Å². The molecular weight excluding hydrogens is 220 g/mol. The lowest BCUT2D eigenvalue weighted by molar-refractivity contribution is 0.275. The standard InChI is InChI=1S/C13H21ClN2/c1-4-10(2)8-16(3)9-11-7-12(15)5-6-13(11)14/h5-7,10H,4,8-9,15H2,1-3H3. The number of anilines is 1. The van der Waals surface area contributed by atoms with E-state index in [1.54, 1.807) is 0 Å². The van der Waals surface area contributed by atoms with Crippen LogP contribution in [-0.4, -0.2) is 18.5 Å². The van der Waals surface area contributed by atoms with Gasteiger partial charge in [-0.25, -0.2) is 0 Å². The van der Waals surface area contributed by atoms with E-state index in [4.69, 9.17) is 17.3 Å². The quantitative estimate of drug-likeness (QED) is 0.800. The van der Waals surface area contributed by atoms with Crippen molar-refractivity contribution in [2.75, 3.05) is 19.3 Å². The molecule has 0 aliphatic rings. The SMILES string of the molecule is CCC(C)CN(C)Cc1cc(N)ccc1Cl. The fraction of sp³-hybridized carbons (Fsp3) is 0.538. The zero-order valence-electron chi connectivity index (χ0n) is 10.3. The van der Waals surface area contributed by atoms with Crippen molar-refractivity contribution in [3.63, 3.8) is 0 Å². The summed E-state index contributed by atoms with van der Waals surface area (Å²) in [6.07, 6.45) is 1.20. The third-order valence-corrected chi connectivity index (χ3v) is 3.20. The van der Waals surface area contributed by atoms with Gasteiger partial charge in [0, 0.05) is 23.8 Å². The Morgan fingerprint density at radius 1 is 1.44 bits per heavy atom. The molecule has 0 radical (unpaired) electrons. The maximum Gasteiger partial charge on any atom is 0.0452 e. The largest absolute Gasteiger partial charge is 0.399 e. The van der Waals surface area contributed by atoms with Gasteiger partial charge in [-0.3, -0.25) is 0 Å². The Balaban J connectivity index is 2.61. The number of rotatable bonds is 5. The second-order valence-electron chi connectivity index (χ2n) is 4.56. The van der Waals surface area contributed by atoms with Gasteiger partial charge in [-0.05, 0) is 36.7 Å². The van der Waals surface area contributed by atoms with E-state index in [1.807, 2.05) is 18.2 Å². The molecule has 90 valence electrons. The van der Waals surface area contributed by atoms with Gasteiger partial charge in [0.2, 0.25) is 0 Å². The normalized spacial score (nSPS) is 13.1. The molecule has 1 aromatic rings. The molecule has 0 saturated heterocycles. The van der Waals surface area contributed by atoms with E-state index < -0.39 is 0 Å². The Hall–Kier alpha value is -0.730. The molecule has 0 saturated carbocycles. The van der Waals surface area contributed by atoms with Crippen LogP contribution >= 0.6 is 11.6 Å². The molecule has 3 heteroatoms. The Labute approximate surface area is 103 Å². The smallest absolute Gasteiger partial charge is 0.0452 e. The highest BCUT2D eigenvalue weighted by Gasteiger charge is 2.07. The van der Waals surface area contributed by atoms with Gasteiger partial charge >= 0.3 is 0 Å². The van der Waals surface area contributed by atoms with Gasteiger partial charge in [0.1, 0.15) is 0 Å². The molecule has 2 N–H and O–H groups in total. The molecule has 1 unspecified atom stereocenters. The summed E-state index contributed by atoms with van der Waals surface area (Å²) in [6.45, 7) is 6.42. The van der Waals surface area contributed by atoms with Crippen LogP contribution in [0.1, 0.15) is 25.8 Å². The summed E-state index contributed by atoms with van der Waals surface area (Å²) in [7, 11) is 2.12. The maximum absolute atomic E-state index is 6.13. The fourth-order valence-corrected chi connectivity index (χ4v) is 1.91.